The SMILES string of the molecule is CCn1c(CNC(=O)C23CC4CC(CC(C4)C2)C3)nnc1SCc1cccc(F)c1. The molecule has 4 bridgehead atoms. The highest BCUT2D eigenvalue weighted by Gasteiger charge is 2.54. The summed E-state index contributed by atoms with van der Waals surface area (Å²) in [7, 11) is 0. The molecule has 0 atom stereocenters. The summed E-state index contributed by atoms with van der Waals surface area (Å²) in [6.45, 7) is 3.21. The average Bonchev–Trinajstić information content (AvgIpc) is 3.11. The molecule has 1 aromatic heterocycles. The van der Waals surface area contributed by atoms with Gasteiger partial charge in [-0.3, -0.25) is 4.79 Å². The molecule has 4 saturated carbocycles. The van der Waals surface area contributed by atoms with E-state index in [4.69, 9.17) is 0 Å². The molecule has 2 aromatic rings. The van der Waals surface area contributed by atoms with Gasteiger partial charge in [-0.1, -0.05) is 23.9 Å². The molecule has 0 saturated heterocycles. The fourth-order valence-electron chi connectivity index (χ4n) is 6.38. The summed E-state index contributed by atoms with van der Waals surface area (Å²) >= 11 is 1.55. The summed E-state index contributed by atoms with van der Waals surface area (Å²) < 4.78 is 15.5. The Morgan fingerprint density at radius 2 is 1.90 bits per heavy atom. The van der Waals surface area contributed by atoms with Crippen molar-refractivity contribution in [1.82, 2.24) is 20.1 Å². The van der Waals surface area contributed by atoms with Gasteiger partial charge in [0.25, 0.3) is 0 Å². The molecule has 1 aromatic carbocycles. The lowest BCUT2D eigenvalue weighted by Gasteiger charge is -2.55. The number of aromatic nitrogens is 3. The number of nitrogens with one attached hydrogen (secondary N) is 1. The van der Waals surface area contributed by atoms with Crippen LogP contribution < -0.4 is 5.32 Å². The number of carbonyl (C=O) groups excluding carboxylic acids is 1. The second-order valence-electron chi connectivity index (χ2n) is 9.44. The van der Waals surface area contributed by atoms with Crippen LogP contribution in [0.4, 0.5) is 4.39 Å². The summed E-state index contributed by atoms with van der Waals surface area (Å²) in [4.78, 5) is 13.2. The molecule has 1 amide bonds. The summed E-state index contributed by atoms with van der Waals surface area (Å²) in [5.41, 5.74) is 0.781. The van der Waals surface area contributed by atoms with E-state index in [2.05, 4.69) is 22.4 Å². The predicted octanol–water partition coefficient (Wildman–Crippen LogP) is 4.56. The molecule has 1 N–H and O–H groups in total. The maximum absolute atomic E-state index is 13.4. The van der Waals surface area contributed by atoms with Crippen molar-refractivity contribution in [2.75, 3.05) is 0 Å². The standard InChI is InChI=1S/C23H29FN4OS/c1-2-28-20(26-27-22(28)30-14-15-4-3-5-19(24)9-15)13-25-21(29)23-10-16-6-17(11-23)8-18(7-16)12-23/h3-5,9,16-18H,2,6-8,10-14H2,1H3,(H,25,29). The third-order valence-electron chi connectivity index (χ3n) is 7.29. The number of halogens is 1. The number of hydrogen-bond acceptors (Lipinski definition) is 4. The first-order valence-electron chi connectivity index (χ1n) is 11.1. The van der Waals surface area contributed by atoms with Crippen LogP contribution >= 0.6 is 11.8 Å². The summed E-state index contributed by atoms with van der Waals surface area (Å²) in [6, 6.07) is 6.64. The molecular formula is C23H29FN4OS. The minimum atomic E-state index is -0.224. The molecule has 1 heterocycles. The average molecular weight is 429 g/mol. The number of amides is 1. The maximum atomic E-state index is 13.4. The molecule has 0 spiro atoms. The van der Waals surface area contributed by atoms with Gasteiger partial charge in [0, 0.05) is 17.7 Å². The molecule has 0 aliphatic heterocycles. The van der Waals surface area contributed by atoms with Crippen molar-refractivity contribution < 1.29 is 9.18 Å². The molecule has 5 nitrogen and oxygen atoms in total. The predicted molar refractivity (Wildman–Crippen MR) is 114 cm³/mol. The molecule has 160 valence electrons. The van der Waals surface area contributed by atoms with Crippen LogP contribution in [0.5, 0.6) is 0 Å². The van der Waals surface area contributed by atoms with Crippen molar-refractivity contribution in [3.63, 3.8) is 0 Å². The Balaban J connectivity index is 1.23. The summed E-state index contributed by atoms with van der Waals surface area (Å²) in [5, 5.41) is 12.7. The minimum Gasteiger partial charge on any atom is -0.348 e. The van der Waals surface area contributed by atoms with Gasteiger partial charge in [0.15, 0.2) is 11.0 Å². The highest BCUT2D eigenvalue weighted by molar-refractivity contribution is 7.98. The van der Waals surface area contributed by atoms with Gasteiger partial charge < -0.3 is 9.88 Å². The van der Waals surface area contributed by atoms with Crippen LogP contribution in [0.2, 0.25) is 0 Å². The van der Waals surface area contributed by atoms with Crippen molar-refractivity contribution in [2.24, 2.45) is 23.2 Å². The topological polar surface area (TPSA) is 59.8 Å². The molecule has 4 aliphatic carbocycles. The van der Waals surface area contributed by atoms with Crippen LogP contribution in [-0.2, 0) is 23.6 Å². The molecule has 7 heteroatoms. The zero-order chi connectivity index (χ0) is 20.7. The first-order valence-corrected chi connectivity index (χ1v) is 12.1. The maximum Gasteiger partial charge on any atom is 0.226 e. The molecule has 0 radical (unpaired) electrons. The number of carbonyl (C=O) groups is 1. The van der Waals surface area contributed by atoms with Crippen LogP contribution in [0.3, 0.4) is 0 Å². The van der Waals surface area contributed by atoms with Crippen molar-refractivity contribution in [2.45, 2.75) is 69.4 Å². The third kappa shape index (κ3) is 3.77. The van der Waals surface area contributed by atoms with Crippen LogP contribution in [0, 0.1) is 29.0 Å². The van der Waals surface area contributed by atoms with E-state index in [1.165, 1.54) is 25.3 Å². The van der Waals surface area contributed by atoms with Gasteiger partial charge in [0.05, 0.1) is 6.54 Å². The van der Waals surface area contributed by atoms with Gasteiger partial charge in [0.1, 0.15) is 5.82 Å². The van der Waals surface area contributed by atoms with Gasteiger partial charge in [-0.25, -0.2) is 4.39 Å². The largest absolute Gasteiger partial charge is 0.348 e. The zero-order valence-corrected chi connectivity index (χ0v) is 18.3. The van der Waals surface area contributed by atoms with E-state index in [0.29, 0.717) is 12.3 Å². The summed E-state index contributed by atoms with van der Waals surface area (Å²) in [6.07, 6.45) is 7.22. The monoisotopic (exact) mass is 428 g/mol. The Bertz CT molecular complexity index is 908. The van der Waals surface area contributed by atoms with E-state index < -0.39 is 0 Å². The molecular weight excluding hydrogens is 399 g/mol. The lowest BCUT2D eigenvalue weighted by atomic mass is 9.49. The van der Waals surface area contributed by atoms with Crippen molar-refractivity contribution >= 4 is 17.7 Å². The number of thioether (sulfide) groups is 1. The summed E-state index contributed by atoms with van der Waals surface area (Å²) in [5.74, 6) is 3.69. The van der Waals surface area contributed by atoms with Gasteiger partial charge in [-0.15, -0.1) is 10.2 Å². The van der Waals surface area contributed by atoms with Gasteiger partial charge in [0.2, 0.25) is 5.91 Å². The number of hydrogen-bond donors (Lipinski definition) is 1. The number of benzene rings is 1. The molecule has 4 fully saturated rings. The normalized spacial score (nSPS) is 29.3. The highest BCUT2D eigenvalue weighted by atomic mass is 32.2. The van der Waals surface area contributed by atoms with Crippen molar-refractivity contribution in [3.8, 4) is 0 Å². The van der Waals surface area contributed by atoms with Crippen molar-refractivity contribution in [3.05, 3.63) is 41.5 Å². The van der Waals surface area contributed by atoms with Crippen LogP contribution in [0.15, 0.2) is 29.4 Å². The van der Waals surface area contributed by atoms with Crippen molar-refractivity contribution in [1.29, 1.82) is 0 Å². The number of nitrogens with zero attached hydrogens (tertiary/aromatic N) is 3. The van der Waals surface area contributed by atoms with E-state index in [9.17, 15) is 9.18 Å². The van der Waals surface area contributed by atoms with E-state index in [-0.39, 0.29) is 17.1 Å². The number of rotatable bonds is 7. The van der Waals surface area contributed by atoms with Gasteiger partial charge in [-0.2, -0.15) is 0 Å². The fraction of sp³-hybridized carbons (Fsp3) is 0.609. The molecule has 4 aliphatic rings. The zero-order valence-electron chi connectivity index (χ0n) is 17.4. The van der Waals surface area contributed by atoms with Crippen LogP contribution in [0.25, 0.3) is 0 Å². The van der Waals surface area contributed by atoms with Crippen LogP contribution in [0.1, 0.15) is 56.8 Å². The Hall–Kier alpha value is -1.89. The Morgan fingerprint density at radius 1 is 1.20 bits per heavy atom. The fourth-order valence-corrected chi connectivity index (χ4v) is 7.35. The van der Waals surface area contributed by atoms with Crippen LogP contribution in [-0.4, -0.2) is 20.7 Å². The highest BCUT2D eigenvalue weighted by Crippen LogP contribution is 2.60. The smallest absolute Gasteiger partial charge is 0.226 e. The minimum absolute atomic E-state index is 0.138. The lowest BCUT2D eigenvalue weighted by molar-refractivity contribution is -0.146. The van der Waals surface area contributed by atoms with Gasteiger partial charge >= 0.3 is 0 Å². The molecule has 0 unspecified atom stereocenters. The lowest BCUT2D eigenvalue weighted by Crippen LogP contribution is -2.53. The third-order valence-corrected chi connectivity index (χ3v) is 8.33. The van der Waals surface area contributed by atoms with E-state index in [1.54, 1.807) is 23.9 Å². The second kappa shape index (κ2) is 7.98. The second-order valence-corrected chi connectivity index (χ2v) is 10.4. The molecule has 30 heavy (non-hydrogen) atoms. The Kier molecular flexibility index (Phi) is 5.33. The Morgan fingerprint density at radius 3 is 2.53 bits per heavy atom. The van der Waals surface area contributed by atoms with Gasteiger partial charge in [-0.05, 0) is 80.9 Å². The first-order chi connectivity index (χ1) is 14.5. The molecule has 6 rings (SSSR count). The van der Waals surface area contributed by atoms with E-state index >= 15 is 0 Å². The van der Waals surface area contributed by atoms with E-state index in [0.717, 1.165) is 60.1 Å². The van der Waals surface area contributed by atoms with E-state index in [1.807, 2.05) is 10.6 Å². The Labute approximate surface area is 181 Å². The first kappa shape index (κ1) is 20.0. The quantitative estimate of drug-likeness (QED) is 0.657.